The van der Waals surface area contributed by atoms with Gasteiger partial charge in [0.1, 0.15) is 14.0 Å². The average Bonchev–Trinajstić information content (AvgIpc) is 1.84. The molecule has 0 spiro atoms. The Labute approximate surface area is 77.8 Å². The third-order valence-electron chi connectivity index (χ3n) is 1.82. The minimum Gasteiger partial charge on any atom is -0.365 e. The van der Waals surface area contributed by atoms with Crippen LogP contribution in [0, 0.1) is 0 Å². The van der Waals surface area contributed by atoms with E-state index in [1.807, 2.05) is 0 Å². The lowest BCUT2D eigenvalue weighted by molar-refractivity contribution is -0.0138. The summed E-state index contributed by atoms with van der Waals surface area (Å²) in [7, 11) is 0.555. The van der Waals surface area contributed by atoms with Crippen LogP contribution in [0.5, 0.6) is 0 Å². The van der Waals surface area contributed by atoms with Gasteiger partial charge >= 0.3 is 0 Å². The third-order valence-corrected chi connectivity index (χ3v) is 3.10. The van der Waals surface area contributed by atoms with E-state index in [0.717, 1.165) is 12.8 Å². The highest BCUT2D eigenvalue weighted by atomic mass is 28.3. The van der Waals surface area contributed by atoms with Gasteiger partial charge in [-0.2, -0.15) is 0 Å². The number of hydrogen-bond acceptors (Lipinski definition) is 2. The van der Waals surface area contributed by atoms with Crippen molar-refractivity contribution in [2.45, 2.75) is 52.1 Å². The molecule has 0 aliphatic heterocycles. The second kappa shape index (κ2) is 4.39. The van der Waals surface area contributed by atoms with Gasteiger partial charge in [0.25, 0.3) is 0 Å². The molecule has 1 unspecified atom stereocenters. The molecule has 0 saturated carbocycles. The average molecular weight is 189 g/mol. The van der Waals surface area contributed by atoms with Gasteiger partial charge < -0.3 is 9.72 Å². The minimum absolute atomic E-state index is 0.112. The zero-order valence-corrected chi connectivity index (χ0v) is 10.3. The quantitative estimate of drug-likeness (QED) is 0.530. The predicted molar refractivity (Wildman–Crippen MR) is 56.8 cm³/mol. The molecule has 0 fully saturated rings. The SMILES string of the molecule is CCCC(C)(N[Si](C)(C)C)OC. The van der Waals surface area contributed by atoms with E-state index in [1.54, 1.807) is 7.11 Å². The first-order valence-electron chi connectivity index (χ1n) is 4.67. The van der Waals surface area contributed by atoms with Crippen LogP contribution >= 0.6 is 0 Å². The van der Waals surface area contributed by atoms with Gasteiger partial charge in [-0.15, -0.1) is 0 Å². The van der Waals surface area contributed by atoms with E-state index in [9.17, 15) is 0 Å². The highest BCUT2D eigenvalue weighted by molar-refractivity contribution is 6.73. The van der Waals surface area contributed by atoms with Crippen molar-refractivity contribution < 1.29 is 4.74 Å². The van der Waals surface area contributed by atoms with E-state index in [2.05, 4.69) is 38.5 Å². The maximum absolute atomic E-state index is 5.48. The molecule has 3 heteroatoms. The maximum atomic E-state index is 5.48. The molecule has 2 nitrogen and oxygen atoms in total. The highest BCUT2D eigenvalue weighted by Crippen LogP contribution is 2.15. The van der Waals surface area contributed by atoms with Crippen LogP contribution in [0.15, 0.2) is 0 Å². The minimum atomic E-state index is -1.23. The fourth-order valence-corrected chi connectivity index (χ4v) is 3.30. The first-order valence-corrected chi connectivity index (χ1v) is 8.17. The normalized spacial score (nSPS) is 17.5. The van der Waals surface area contributed by atoms with Crippen molar-refractivity contribution in [3.8, 4) is 0 Å². The smallest absolute Gasteiger partial charge is 0.118 e. The standard InChI is InChI=1S/C9H23NOSi/c1-7-8-9(2,11-3)10-12(4,5)6/h10H,7-8H2,1-6H3. The van der Waals surface area contributed by atoms with Crippen LogP contribution < -0.4 is 4.98 Å². The Morgan fingerprint density at radius 1 is 1.33 bits per heavy atom. The van der Waals surface area contributed by atoms with Gasteiger partial charge in [-0.25, -0.2) is 0 Å². The second-order valence-corrected chi connectivity index (χ2v) is 9.31. The van der Waals surface area contributed by atoms with Gasteiger partial charge in [0.05, 0.1) is 0 Å². The molecule has 0 bridgehead atoms. The summed E-state index contributed by atoms with van der Waals surface area (Å²) in [6.45, 7) is 11.2. The Morgan fingerprint density at radius 3 is 2.08 bits per heavy atom. The Morgan fingerprint density at radius 2 is 1.83 bits per heavy atom. The fraction of sp³-hybridized carbons (Fsp3) is 1.00. The van der Waals surface area contributed by atoms with Crippen molar-refractivity contribution in [1.82, 2.24) is 4.98 Å². The molecular formula is C9H23NOSi. The molecular weight excluding hydrogens is 166 g/mol. The van der Waals surface area contributed by atoms with Crippen LogP contribution in [0.4, 0.5) is 0 Å². The summed E-state index contributed by atoms with van der Waals surface area (Å²) in [5.41, 5.74) is -0.112. The molecule has 0 saturated heterocycles. The Balaban J connectivity index is 4.14. The second-order valence-electron chi connectivity index (χ2n) is 4.56. The first-order chi connectivity index (χ1) is 5.33. The molecule has 12 heavy (non-hydrogen) atoms. The molecule has 0 amide bonds. The number of hydrogen-bond donors (Lipinski definition) is 1. The van der Waals surface area contributed by atoms with Crippen LogP contribution in [0.2, 0.25) is 19.6 Å². The summed E-state index contributed by atoms with van der Waals surface area (Å²) in [5.74, 6) is 0. The molecule has 0 aliphatic carbocycles. The lowest BCUT2D eigenvalue weighted by Gasteiger charge is -2.35. The van der Waals surface area contributed by atoms with E-state index in [-0.39, 0.29) is 5.72 Å². The van der Waals surface area contributed by atoms with Crippen molar-refractivity contribution >= 4 is 8.24 Å². The molecule has 1 N–H and O–H groups in total. The monoisotopic (exact) mass is 189 g/mol. The summed E-state index contributed by atoms with van der Waals surface area (Å²) in [4.78, 5) is 3.60. The Kier molecular flexibility index (Phi) is 4.44. The van der Waals surface area contributed by atoms with E-state index in [0.29, 0.717) is 0 Å². The van der Waals surface area contributed by atoms with E-state index in [1.165, 1.54) is 0 Å². The fourth-order valence-electron chi connectivity index (χ4n) is 1.49. The third kappa shape index (κ3) is 4.90. The molecule has 74 valence electrons. The first kappa shape index (κ1) is 12.1. The maximum Gasteiger partial charge on any atom is 0.118 e. The van der Waals surface area contributed by atoms with Crippen LogP contribution in [-0.2, 0) is 4.74 Å². The van der Waals surface area contributed by atoms with Gasteiger partial charge in [-0.3, -0.25) is 0 Å². The Hall–Kier alpha value is 0.137. The van der Waals surface area contributed by atoms with Gasteiger partial charge in [-0.1, -0.05) is 33.0 Å². The van der Waals surface area contributed by atoms with E-state index < -0.39 is 8.24 Å². The molecule has 0 aliphatic rings. The summed E-state index contributed by atoms with van der Waals surface area (Å²) in [5, 5.41) is 0. The van der Waals surface area contributed by atoms with Crippen LogP contribution in [-0.4, -0.2) is 21.1 Å². The summed E-state index contributed by atoms with van der Waals surface area (Å²) >= 11 is 0. The summed E-state index contributed by atoms with van der Waals surface area (Å²) in [6, 6.07) is 0. The topological polar surface area (TPSA) is 21.3 Å². The zero-order valence-electron chi connectivity index (χ0n) is 9.32. The molecule has 0 aromatic heterocycles. The number of ether oxygens (including phenoxy) is 1. The van der Waals surface area contributed by atoms with Gasteiger partial charge in [-0.05, 0) is 13.3 Å². The van der Waals surface area contributed by atoms with Crippen molar-refractivity contribution in [3.05, 3.63) is 0 Å². The van der Waals surface area contributed by atoms with Crippen molar-refractivity contribution in [3.63, 3.8) is 0 Å². The van der Waals surface area contributed by atoms with E-state index in [4.69, 9.17) is 4.74 Å². The van der Waals surface area contributed by atoms with E-state index >= 15 is 0 Å². The Bertz CT molecular complexity index is 133. The molecule has 1 atom stereocenters. The highest BCUT2D eigenvalue weighted by Gasteiger charge is 2.28. The van der Waals surface area contributed by atoms with Crippen LogP contribution in [0.25, 0.3) is 0 Å². The largest absolute Gasteiger partial charge is 0.365 e. The molecule has 0 rings (SSSR count). The van der Waals surface area contributed by atoms with Crippen molar-refractivity contribution in [1.29, 1.82) is 0 Å². The summed E-state index contributed by atoms with van der Waals surface area (Å²) in [6.07, 6.45) is 2.23. The van der Waals surface area contributed by atoms with Gasteiger partial charge in [0.15, 0.2) is 0 Å². The molecule has 0 aromatic carbocycles. The number of rotatable bonds is 5. The number of methoxy groups -OCH3 is 1. The predicted octanol–water partition coefficient (Wildman–Crippen LogP) is 2.57. The lowest BCUT2D eigenvalue weighted by atomic mass is 10.1. The van der Waals surface area contributed by atoms with Crippen LogP contribution in [0.3, 0.4) is 0 Å². The van der Waals surface area contributed by atoms with Crippen LogP contribution in [0.1, 0.15) is 26.7 Å². The molecule has 0 heterocycles. The summed E-state index contributed by atoms with van der Waals surface area (Å²) < 4.78 is 5.48. The van der Waals surface area contributed by atoms with Gasteiger partial charge in [0.2, 0.25) is 0 Å². The number of nitrogens with one attached hydrogen (secondary N) is 1. The molecule has 0 aromatic rings. The van der Waals surface area contributed by atoms with Crippen molar-refractivity contribution in [2.75, 3.05) is 7.11 Å². The molecule has 0 radical (unpaired) electrons. The zero-order chi connectivity index (χ0) is 9.83. The van der Waals surface area contributed by atoms with Gasteiger partial charge in [0, 0.05) is 7.11 Å². The lowest BCUT2D eigenvalue weighted by Crippen LogP contribution is -2.56. The van der Waals surface area contributed by atoms with Crippen molar-refractivity contribution in [2.24, 2.45) is 0 Å².